The molecule has 92 heavy (non-hydrogen) atoms. The van der Waals surface area contributed by atoms with E-state index in [1.54, 1.807) is 0 Å². The second kappa shape index (κ2) is 45.6. The van der Waals surface area contributed by atoms with Crippen LogP contribution in [0.25, 0.3) is 0 Å². The summed E-state index contributed by atoms with van der Waals surface area (Å²) in [7, 11) is 0. The van der Waals surface area contributed by atoms with Crippen molar-refractivity contribution >= 4 is 11.8 Å². The Balaban J connectivity index is 1.42. The maximum absolute atomic E-state index is 13.7. The van der Waals surface area contributed by atoms with Gasteiger partial charge in [-0.3, -0.25) is 9.59 Å². The standard InChI is InChI=1S/C66H124N2O24/c1-6-8-9-10-11-12-13-14-15-16-17-18-19-22-26-29-32-35-45(73)62(84)68-43(51(75)44(72)34-31-28-25-23-20-21-24-27-30-33-40(3)7-2)38-85-66-61(57(81)52(76)46(36-69)89-66)92-65-59(83)56(80)53(77)48(90-65)39-86-63-49(67-42(5)71)60(54(78)47(37-70)88-63)91-64-58(82)55(79)50(74)41(4)87-64/h40-41,43-61,63-66,69-70,72-83H,6-39H2,1-5H3,(H,67,71)(H,68,84)/t40?,41-,43-,44+,45+,46+,47+,48+,49+,50-,51-,52-,53-,54-,55+,56-,57-,58+,59+,60+,61+,63+,64-,65+,66-/m0/s1. The molecule has 0 radical (unpaired) electrons. The fourth-order valence-corrected chi connectivity index (χ4v) is 12.5. The first-order valence-corrected chi connectivity index (χ1v) is 35.2. The number of nitrogens with one attached hydrogen (secondary N) is 2. The highest BCUT2D eigenvalue weighted by Gasteiger charge is 2.54. The quantitative estimate of drug-likeness (QED) is 0.0389. The molecule has 0 aliphatic carbocycles. The molecule has 4 aliphatic rings. The van der Waals surface area contributed by atoms with E-state index in [0.29, 0.717) is 12.8 Å². The molecule has 0 spiro atoms. The van der Waals surface area contributed by atoms with Crippen LogP contribution < -0.4 is 10.6 Å². The molecule has 4 aliphatic heterocycles. The number of unbranched alkanes of at least 4 members (excludes halogenated alkanes) is 24. The second-order valence-electron chi connectivity index (χ2n) is 26.6. The number of hydrogen-bond acceptors (Lipinski definition) is 24. The molecule has 0 aromatic heterocycles. The van der Waals surface area contributed by atoms with Gasteiger partial charge >= 0.3 is 0 Å². The van der Waals surface area contributed by atoms with Crippen LogP contribution in [0.5, 0.6) is 0 Å². The van der Waals surface area contributed by atoms with Crippen LogP contribution in [0, 0.1) is 5.92 Å². The predicted molar refractivity (Wildman–Crippen MR) is 337 cm³/mol. The number of aliphatic hydroxyl groups is 14. The minimum atomic E-state index is -2.10. The van der Waals surface area contributed by atoms with E-state index in [2.05, 4.69) is 31.4 Å². The Hall–Kier alpha value is -1.94. The van der Waals surface area contributed by atoms with Crippen LogP contribution in [-0.4, -0.2) is 257 Å². The highest BCUT2D eigenvalue weighted by atomic mass is 16.8. The molecule has 0 bridgehead atoms. The third-order valence-corrected chi connectivity index (χ3v) is 18.9. The number of amides is 2. The van der Waals surface area contributed by atoms with Gasteiger partial charge < -0.3 is 120 Å². The summed E-state index contributed by atoms with van der Waals surface area (Å²) in [5.41, 5.74) is 0. The largest absolute Gasteiger partial charge is 0.394 e. The minimum absolute atomic E-state index is 0.123. The fourth-order valence-electron chi connectivity index (χ4n) is 12.5. The summed E-state index contributed by atoms with van der Waals surface area (Å²) in [5, 5.41) is 159. The molecule has 26 nitrogen and oxygen atoms in total. The Kier molecular flexibility index (Phi) is 40.9. The van der Waals surface area contributed by atoms with Gasteiger partial charge in [0.25, 0.3) is 0 Å². The maximum Gasteiger partial charge on any atom is 0.249 e. The van der Waals surface area contributed by atoms with Gasteiger partial charge in [0.1, 0.15) is 104 Å². The summed E-state index contributed by atoms with van der Waals surface area (Å²) in [6, 6.07) is -2.93. The number of rotatable bonds is 48. The smallest absolute Gasteiger partial charge is 0.249 e. The molecule has 4 heterocycles. The summed E-state index contributed by atoms with van der Waals surface area (Å²) in [6.45, 7) is 6.07. The molecule has 1 unspecified atom stereocenters. The zero-order valence-electron chi connectivity index (χ0n) is 55.8. The van der Waals surface area contributed by atoms with Gasteiger partial charge in [0.2, 0.25) is 11.8 Å². The van der Waals surface area contributed by atoms with Crippen LogP contribution in [0.2, 0.25) is 0 Å². The van der Waals surface area contributed by atoms with E-state index in [-0.39, 0.29) is 12.8 Å². The molecule has 0 aromatic carbocycles. The van der Waals surface area contributed by atoms with E-state index < -0.39 is 185 Å². The summed E-state index contributed by atoms with van der Waals surface area (Å²) in [4.78, 5) is 26.3. The summed E-state index contributed by atoms with van der Waals surface area (Å²) >= 11 is 0. The SMILES string of the molecule is CCCCCCCCCCCCCCCCCCC[C@@H](O)C(=O)N[C@@H](CO[C@H]1O[C@H](CO)[C@H](O)[C@H](O)[C@H]1O[C@H]1O[C@H](CO[C@@H]2O[C@H](CO)[C@H](O)[C@H](O[C@@H]3O[C@@H](C)[C@H](O)[C@@H](O)[C@H]3O)[C@H]2NC(C)=O)[C@H](O)[C@H](O)[C@H]1O)[C@H](O)[C@H](O)CCCCCCCCCCCC(C)CC. The monoisotopic (exact) mass is 1330 g/mol. The first kappa shape index (κ1) is 82.5. The van der Waals surface area contributed by atoms with E-state index in [1.165, 1.54) is 116 Å². The number of carbonyl (C=O) groups excluding carboxylic acids is 2. The lowest BCUT2D eigenvalue weighted by molar-refractivity contribution is -0.373. The Labute approximate surface area is 546 Å². The molecule has 16 N–H and O–H groups in total. The van der Waals surface area contributed by atoms with E-state index in [1.807, 2.05) is 0 Å². The van der Waals surface area contributed by atoms with Crippen molar-refractivity contribution in [2.45, 2.75) is 374 Å². The Morgan fingerprint density at radius 1 is 0.467 bits per heavy atom. The Bertz CT molecular complexity index is 1920. The van der Waals surface area contributed by atoms with Crippen molar-refractivity contribution in [3.05, 3.63) is 0 Å². The Morgan fingerprint density at radius 2 is 0.902 bits per heavy atom. The van der Waals surface area contributed by atoms with E-state index in [0.717, 1.165) is 70.6 Å². The molecule has 4 fully saturated rings. The predicted octanol–water partition coefficient (Wildman–Crippen LogP) is 2.39. The number of aliphatic hydroxyl groups excluding tert-OH is 14. The Morgan fingerprint density at radius 3 is 1.41 bits per heavy atom. The average molecular weight is 1330 g/mol. The second-order valence-corrected chi connectivity index (χ2v) is 26.6. The van der Waals surface area contributed by atoms with Crippen molar-refractivity contribution in [1.29, 1.82) is 0 Å². The van der Waals surface area contributed by atoms with Gasteiger partial charge in [-0.05, 0) is 25.7 Å². The first-order chi connectivity index (χ1) is 44.1. The van der Waals surface area contributed by atoms with Crippen LogP contribution in [-0.2, 0) is 47.5 Å². The van der Waals surface area contributed by atoms with Gasteiger partial charge in [-0.15, -0.1) is 0 Å². The first-order valence-electron chi connectivity index (χ1n) is 35.2. The zero-order chi connectivity index (χ0) is 67.7. The topological polar surface area (TPSA) is 415 Å². The highest BCUT2D eigenvalue weighted by molar-refractivity contribution is 5.80. The summed E-state index contributed by atoms with van der Waals surface area (Å²) in [5.74, 6) is -0.807. The lowest BCUT2D eigenvalue weighted by atomic mass is 9.95. The van der Waals surface area contributed by atoms with Crippen molar-refractivity contribution in [2.75, 3.05) is 26.4 Å². The molecule has 25 atom stereocenters. The van der Waals surface area contributed by atoms with Gasteiger partial charge in [-0.1, -0.05) is 201 Å². The maximum atomic E-state index is 13.7. The summed E-state index contributed by atoms with van der Waals surface area (Å²) in [6.07, 6.45) is -6.06. The van der Waals surface area contributed by atoms with Crippen LogP contribution in [0.15, 0.2) is 0 Å². The van der Waals surface area contributed by atoms with Crippen molar-refractivity contribution in [3.63, 3.8) is 0 Å². The molecule has 4 saturated heterocycles. The van der Waals surface area contributed by atoms with Gasteiger partial charge in [0, 0.05) is 6.92 Å². The van der Waals surface area contributed by atoms with Gasteiger partial charge in [-0.25, -0.2) is 0 Å². The van der Waals surface area contributed by atoms with Crippen molar-refractivity contribution < 1.29 is 119 Å². The van der Waals surface area contributed by atoms with Gasteiger partial charge in [-0.2, -0.15) is 0 Å². The highest BCUT2D eigenvalue weighted by Crippen LogP contribution is 2.34. The third kappa shape index (κ3) is 27.8. The molecule has 26 heteroatoms. The average Bonchev–Trinajstić information content (AvgIpc) is 0.836. The molecule has 2 amide bonds. The van der Waals surface area contributed by atoms with E-state index in [9.17, 15) is 81.1 Å². The number of ether oxygens (including phenoxy) is 8. The number of carbonyl (C=O) groups is 2. The molecule has 4 rings (SSSR count). The molecular formula is C66H124N2O24. The normalized spacial score (nSPS) is 33.6. The van der Waals surface area contributed by atoms with Gasteiger partial charge in [0.15, 0.2) is 25.2 Å². The molecule has 0 aromatic rings. The van der Waals surface area contributed by atoms with Crippen molar-refractivity contribution in [2.24, 2.45) is 5.92 Å². The fraction of sp³-hybridized carbons (Fsp3) is 0.970. The molecule has 542 valence electrons. The van der Waals surface area contributed by atoms with Crippen LogP contribution in [0.3, 0.4) is 0 Å². The van der Waals surface area contributed by atoms with Crippen LogP contribution in [0.4, 0.5) is 0 Å². The molecule has 0 saturated carbocycles. The lowest BCUT2D eigenvalue weighted by Crippen LogP contribution is -2.68. The lowest BCUT2D eigenvalue weighted by Gasteiger charge is -2.48. The van der Waals surface area contributed by atoms with Crippen molar-refractivity contribution in [3.8, 4) is 0 Å². The third-order valence-electron chi connectivity index (χ3n) is 18.9. The van der Waals surface area contributed by atoms with Crippen LogP contribution >= 0.6 is 0 Å². The van der Waals surface area contributed by atoms with Gasteiger partial charge in [0.05, 0.1) is 44.7 Å². The van der Waals surface area contributed by atoms with Crippen molar-refractivity contribution in [1.82, 2.24) is 10.6 Å². The zero-order valence-corrected chi connectivity index (χ0v) is 55.8. The summed E-state index contributed by atoms with van der Waals surface area (Å²) < 4.78 is 47.1. The van der Waals surface area contributed by atoms with E-state index in [4.69, 9.17) is 37.9 Å². The van der Waals surface area contributed by atoms with Crippen LogP contribution in [0.1, 0.15) is 227 Å². The molecular weight excluding hydrogens is 1200 g/mol. The number of hydrogen-bond donors (Lipinski definition) is 16. The van der Waals surface area contributed by atoms with E-state index >= 15 is 0 Å². The minimum Gasteiger partial charge on any atom is -0.394 e.